The number of rotatable bonds is 11. The van der Waals surface area contributed by atoms with Gasteiger partial charge in [-0.05, 0) is 84.3 Å². The van der Waals surface area contributed by atoms with Crippen molar-refractivity contribution in [2.24, 2.45) is 0 Å². The number of benzene rings is 5. The van der Waals surface area contributed by atoms with Gasteiger partial charge in [0, 0.05) is 34.0 Å². The largest absolute Gasteiger partial charge is 0.325 e. The SMILES string of the molecule is Cc1ccccc1NC(=O)C(Sc1ccc(NC(=O)/C(=C/c2ccc([N+](=O)[O-])cc2)NC(=O)c2ccccc2)cc1)c1ccccc1. The Hall–Kier alpha value is -6.00. The van der Waals surface area contributed by atoms with Crippen molar-refractivity contribution < 1.29 is 19.3 Å². The quantitative estimate of drug-likeness (QED) is 0.0584. The topological polar surface area (TPSA) is 130 Å². The van der Waals surface area contributed by atoms with E-state index in [0.29, 0.717) is 16.8 Å². The van der Waals surface area contributed by atoms with E-state index < -0.39 is 22.0 Å². The average Bonchev–Trinajstić information content (AvgIpc) is 3.09. The van der Waals surface area contributed by atoms with Gasteiger partial charge >= 0.3 is 0 Å². The number of nitrogens with zero attached hydrogens (tertiary/aromatic N) is 1. The number of non-ortho nitro benzene ring substituents is 1. The minimum Gasteiger partial charge on any atom is -0.325 e. The molecule has 1 atom stereocenters. The van der Waals surface area contributed by atoms with Crippen molar-refractivity contribution in [1.29, 1.82) is 0 Å². The summed E-state index contributed by atoms with van der Waals surface area (Å²) in [6.45, 7) is 1.94. The highest BCUT2D eigenvalue weighted by Gasteiger charge is 2.23. The minimum atomic E-state index is -0.590. The summed E-state index contributed by atoms with van der Waals surface area (Å²) in [7, 11) is 0. The standard InChI is InChI=1S/C37H30N4O5S/c1-25-10-8-9-15-32(25)39-37(44)34(27-11-4-2-5-12-27)47-31-22-18-29(19-23-31)38-36(43)33(40-35(42)28-13-6-3-7-14-28)24-26-16-20-30(21-17-26)41(45)46/h2-24,34H,1H3,(H,38,43)(H,39,44)(H,40,42)/b33-24-. The zero-order chi connectivity index (χ0) is 33.2. The number of anilines is 2. The fourth-order valence-corrected chi connectivity index (χ4v) is 5.59. The first-order valence-corrected chi connectivity index (χ1v) is 15.5. The van der Waals surface area contributed by atoms with Crippen molar-refractivity contribution in [3.8, 4) is 0 Å². The number of carbonyl (C=O) groups excluding carboxylic acids is 3. The van der Waals surface area contributed by atoms with Gasteiger partial charge in [0.15, 0.2) is 0 Å². The van der Waals surface area contributed by atoms with Gasteiger partial charge in [-0.1, -0.05) is 66.7 Å². The molecule has 3 N–H and O–H groups in total. The summed E-state index contributed by atoms with van der Waals surface area (Å²) in [5, 5.41) is 19.0. The molecule has 0 aliphatic carbocycles. The van der Waals surface area contributed by atoms with Crippen molar-refractivity contribution in [3.63, 3.8) is 0 Å². The molecule has 0 aromatic heterocycles. The number of nitrogens with one attached hydrogen (secondary N) is 3. The molecule has 1 unspecified atom stereocenters. The highest BCUT2D eigenvalue weighted by Crippen LogP contribution is 2.37. The van der Waals surface area contributed by atoms with Crippen molar-refractivity contribution in [1.82, 2.24) is 5.32 Å². The summed E-state index contributed by atoms with van der Waals surface area (Å²) >= 11 is 1.38. The lowest BCUT2D eigenvalue weighted by atomic mass is 10.1. The zero-order valence-electron chi connectivity index (χ0n) is 25.3. The molecule has 5 rings (SSSR count). The lowest BCUT2D eigenvalue weighted by molar-refractivity contribution is -0.384. The molecule has 0 heterocycles. The Bertz CT molecular complexity index is 1910. The van der Waals surface area contributed by atoms with E-state index >= 15 is 0 Å². The second-order valence-corrected chi connectivity index (χ2v) is 11.6. The lowest BCUT2D eigenvalue weighted by Crippen LogP contribution is -2.30. The van der Waals surface area contributed by atoms with Crippen LogP contribution < -0.4 is 16.0 Å². The Morgan fingerprint density at radius 2 is 1.36 bits per heavy atom. The van der Waals surface area contributed by atoms with Gasteiger partial charge in [0.05, 0.1) is 4.92 Å². The van der Waals surface area contributed by atoms with Crippen molar-refractivity contribution in [3.05, 3.63) is 172 Å². The van der Waals surface area contributed by atoms with Crippen molar-refractivity contribution in [2.45, 2.75) is 17.1 Å². The van der Waals surface area contributed by atoms with Gasteiger partial charge < -0.3 is 16.0 Å². The Labute approximate surface area is 275 Å². The molecule has 5 aromatic carbocycles. The van der Waals surface area contributed by atoms with Gasteiger partial charge in [0.2, 0.25) is 5.91 Å². The van der Waals surface area contributed by atoms with Crippen LogP contribution in [0.15, 0.2) is 144 Å². The maximum absolute atomic E-state index is 13.5. The number of para-hydroxylation sites is 1. The second-order valence-electron chi connectivity index (χ2n) is 10.4. The van der Waals surface area contributed by atoms with Crippen LogP contribution in [-0.2, 0) is 9.59 Å². The Kier molecular flexibility index (Phi) is 10.6. The van der Waals surface area contributed by atoms with Gasteiger partial charge in [-0.15, -0.1) is 11.8 Å². The third-order valence-electron chi connectivity index (χ3n) is 7.05. The molecule has 0 fully saturated rings. The van der Waals surface area contributed by atoms with Crippen LogP contribution in [0.5, 0.6) is 0 Å². The number of thioether (sulfide) groups is 1. The van der Waals surface area contributed by atoms with E-state index in [2.05, 4.69) is 16.0 Å². The number of aryl methyl sites for hydroxylation is 1. The van der Waals surface area contributed by atoms with E-state index in [1.165, 1.54) is 42.1 Å². The Balaban J connectivity index is 1.34. The fraction of sp³-hybridized carbons (Fsp3) is 0.0541. The monoisotopic (exact) mass is 642 g/mol. The normalized spacial score (nSPS) is 11.6. The molecule has 0 saturated heterocycles. The van der Waals surface area contributed by atoms with Crippen LogP contribution in [0.1, 0.15) is 32.3 Å². The predicted molar refractivity (Wildman–Crippen MR) is 185 cm³/mol. The smallest absolute Gasteiger partial charge is 0.272 e. The maximum atomic E-state index is 13.5. The molecule has 0 aliphatic heterocycles. The number of nitro benzene ring substituents is 1. The zero-order valence-corrected chi connectivity index (χ0v) is 26.1. The summed E-state index contributed by atoms with van der Waals surface area (Å²) in [5.41, 5.74) is 3.70. The van der Waals surface area contributed by atoms with Crippen LogP contribution in [-0.4, -0.2) is 22.6 Å². The van der Waals surface area contributed by atoms with Gasteiger partial charge in [0.1, 0.15) is 10.9 Å². The van der Waals surface area contributed by atoms with Gasteiger partial charge in [-0.3, -0.25) is 24.5 Å². The molecule has 0 saturated carbocycles. The van der Waals surface area contributed by atoms with Gasteiger partial charge in [-0.25, -0.2) is 0 Å². The second kappa shape index (κ2) is 15.3. The predicted octanol–water partition coefficient (Wildman–Crippen LogP) is 7.78. The number of hydrogen-bond donors (Lipinski definition) is 3. The Morgan fingerprint density at radius 3 is 2.00 bits per heavy atom. The van der Waals surface area contributed by atoms with Crippen LogP contribution in [0.3, 0.4) is 0 Å². The third kappa shape index (κ3) is 8.80. The molecular formula is C37H30N4O5S. The number of amides is 3. The number of nitro groups is 1. The molecule has 0 radical (unpaired) electrons. The first-order chi connectivity index (χ1) is 22.8. The molecule has 0 aliphatic rings. The number of hydrogen-bond acceptors (Lipinski definition) is 6. The van der Waals surface area contributed by atoms with E-state index in [0.717, 1.165) is 21.7 Å². The Morgan fingerprint density at radius 1 is 0.745 bits per heavy atom. The molecular weight excluding hydrogens is 612 g/mol. The van der Waals surface area contributed by atoms with E-state index in [1.807, 2.05) is 61.5 Å². The lowest BCUT2D eigenvalue weighted by Gasteiger charge is -2.18. The molecule has 0 bridgehead atoms. The minimum absolute atomic E-state index is 0.0526. The molecule has 10 heteroatoms. The molecule has 0 spiro atoms. The van der Waals surface area contributed by atoms with Gasteiger partial charge in [-0.2, -0.15) is 0 Å². The van der Waals surface area contributed by atoms with Crippen molar-refractivity contribution in [2.75, 3.05) is 10.6 Å². The summed E-state index contributed by atoms with van der Waals surface area (Å²) in [6.07, 6.45) is 1.45. The highest BCUT2D eigenvalue weighted by molar-refractivity contribution is 8.00. The van der Waals surface area contributed by atoms with Crippen LogP contribution in [0.2, 0.25) is 0 Å². The van der Waals surface area contributed by atoms with Gasteiger partial charge in [0.25, 0.3) is 17.5 Å². The number of carbonyl (C=O) groups is 3. The maximum Gasteiger partial charge on any atom is 0.272 e. The van der Waals surface area contributed by atoms with E-state index in [4.69, 9.17) is 0 Å². The molecule has 47 heavy (non-hydrogen) atoms. The van der Waals surface area contributed by atoms with Crippen LogP contribution in [0, 0.1) is 17.0 Å². The molecule has 234 valence electrons. The molecule has 5 aromatic rings. The average molecular weight is 643 g/mol. The van der Waals surface area contributed by atoms with Crippen LogP contribution >= 0.6 is 11.8 Å². The third-order valence-corrected chi connectivity index (χ3v) is 8.32. The summed E-state index contributed by atoms with van der Waals surface area (Å²) in [5.74, 6) is -1.24. The summed E-state index contributed by atoms with van der Waals surface area (Å²) < 4.78 is 0. The van der Waals surface area contributed by atoms with E-state index in [1.54, 1.807) is 54.6 Å². The van der Waals surface area contributed by atoms with Crippen LogP contribution in [0.25, 0.3) is 6.08 Å². The summed E-state index contributed by atoms with van der Waals surface area (Å²) in [6, 6.07) is 38.2. The van der Waals surface area contributed by atoms with E-state index in [-0.39, 0.29) is 17.3 Å². The summed E-state index contributed by atoms with van der Waals surface area (Å²) in [4.78, 5) is 51.2. The fourth-order valence-electron chi connectivity index (χ4n) is 4.56. The first kappa shape index (κ1) is 32.4. The first-order valence-electron chi connectivity index (χ1n) is 14.6. The molecule has 9 nitrogen and oxygen atoms in total. The van der Waals surface area contributed by atoms with Crippen molar-refractivity contribution >= 4 is 52.6 Å². The highest BCUT2D eigenvalue weighted by atomic mass is 32.2. The van der Waals surface area contributed by atoms with Crippen LogP contribution in [0.4, 0.5) is 17.1 Å². The molecule has 3 amide bonds. The van der Waals surface area contributed by atoms with E-state index in [9.17, 15) is 24.5 Å².